The molecule has 1 aliphatic rings. The number of hydrogen-bond acceptors (Lipinski definition) is 5. The number of imide groups is 1. The van der Waals surface area contributed by atoms with Crippen LogP contribution in [0.25, 0.3) is 23.0 Å². The molecule has 0 atom stereocenters. The van der Waals surface area contributed by atoms with Crippen LogP contribution in [0.15, 0.2) is 95.7 Å². The first-order valence-electron chi connectivity index (χ1n) is 14.0. The lowest BCUT2D eigenvalue weighted by atomic mass is 9.93. The van der Waals surface area contributed by atoms with Crippen molar-refractivity contribution in [3.8, 4) is 28.8 Å². The molecule has 0 saturated heterocycles. The summed E-state index contributed by atoms with van der Waals surface area (Å²) < 4.78 is 7.74. The van der Waals surface area contributed by atoms with Crippen LogP contribution in [0.5, 0.6) is 5.75 Å². The van der Waals surface area contributed by atoms with E-state index in [0.29, 0.717) is 39.9 Å². The van der Waals surface area contributed by atoms with E-state index in [1.54, 1.807) is 41.9 Å². The highest BCUT2D eigenvalue weighted by Gasteiger charge is 2.36. The van der Waals surface area contributed by atoms with Crippen LogP contribution >= 0.6 is 11.6 Å². The summed E-state index contributed by atoms with van der Waals surface area (Å²) in [6, 6.07) is 24.6. The topological polar surface area (TPSA) is 88.2 Å². The number of amides is 2. The summed E-state index contributed by atoms with van der Waals surface area (Å²) in [5, 5.41) is 15.2. The van der Waals surface area contributed by atoms with E-state index in [9.17, 15) is 14.9 Å². The van der Waals surface area contributed by atoms with Crippen LogP contribution in [-0.2, 0) is 16.1 Å². The summed E-state index contributed by atoms with van der Waals surface area (Å²) in [7, 11) is 0. The molecule has 5 rings (SSSR count). The number of nitrogens with zero attached hydrogens (tertiary/aromatic N) is 4. The van der Waals surface area contributed by atoms with Gasteiger partial charge in [0.15, 0.2) is 0 Å². The number of hydrogen-bond donors (Lipinski definition) is 0. The maximum Gasteiger partial charge on any atom is 0.271 e. The van der Waals surface area contributed by atoms with E-state index in [2.05, 4.69) is 13.8 Å². The predicted octanol–water partition coefficient (Wildman–Crippen LogP) is 7.33. The molecule has 0 saturated carbocycles. The van der Waals surface area contributed by atoms with Gasteiger partial charge in [-0.05, 0) is 78.9 Å². The minimum Gasteiger partial charge on any atom is -0.493 e. The van der Waals surface area contributed by atoms with Gasteiger partial charge in [-0.2, -0.15) is 10.4 Å². The third-order valence-electron chi connectivity index (χ3n) is 7.20. The Hall–Kier alpha value is -4.93. The average molecular weight is 591 g/mol. The number of rotatable bonds is 8. The third-order valence-corrected chi connectivity index (χ3v) is 7.56. The minimum atomic E-state index is -0.644. The standard InChI is InChI=1S/C35H31ClN4O3/c1-22(2)21-43-32-15-14-25(16-23(32)3)33-27(20-40(38-33)28-11-6-5-7-12-28)17-29-24(4)30(18-37)35(42)39(34(29)41)19-26-10-8-9-13-31(26)36/h5-17,20,22H,19,21H2,1-4H3/b29-17+. The second kappa shape index (κ2) is 12.5. The number of halogens is 1. The fraction of sp³-hybridized carbons (Fsp3) is 0.200. The van der Waals surface area contributed by atoms with E-state index < -0.39 is 11.8 Å². The maximum absolute atomic E-state index is 13.9. The molecule has 216 valence electrons. The summed E-state index contributed by atoms with van der Waals surface area (Å²) in [5.74, 6) is 0.0441. The highest BCUT2D eigenvalue weighted by atomic mass is 35.5. The van der Waals surface area contributed by atoms with Crippen molar-refractivity contribution < 1.29 is 14.3 Å². The van der Waals surface area contributed by atoms with E-state index in [4.69, 9.17) is 21.4 Å². The lowest BCUT2D eigenvalue weighted by molar-refractivity contribution is -0.141. The smallest absolute Gasteiger partial charge is 0.271 e. The van der Waals surface area contributed by atoms with Gasteiger partial charge >= 0.3 is 0 Å². The first-order valence-corrected chi connectivity index (χ1v) is 14.4. The van der Waals surface area contributed by atoms with Crippen LogP contribution in [0.4, 0.5) is 0 Å². The number of ether oxygens (including phenoxy) is 1. The van der Waals surface area contributed by atoms with Crippen molar-refractivity contribution in [3.05, 3.63) is 117 Å². The maximum atomic E-state index is 13.9. The SMILES string of the molecule is CC1=C(C#N)C(=O)N(Cc2ccccc2Cl)C(=O)/C1=C/c1cn(-c2ccccc2)nc1-c1ccc(OCC(C)C)c(C)c1. The van der Waals surface area contributed by atoms with Crippen LogP contribution in [0.2, 0.25) is 5.02 Å². The molecule has 1 aliphatic heterocycles. The Labute approximate surface area is 256 Å². The highest BCUT2D eigenvalue weighted by molar-refractivity contribution is 6.31. The molecular weight excluding hydrogens is 560 g/mol. The monoisotopic (exact) mass is 590 g/mol. The molecule has 7 nitrogen and oxygen atoms in total. The zero-order chi connectivity index (χ0) is 30.7. The molecule has 0 fully saturated rings. The van der Waals surface area contributed by atoms with Crippen molar-refractivity contribution in [2.75, 3.05) is 6.61 Å². The van der Waals surface area contributed by atoms with Crippen LogP contribution in [0.1, 0.15) is 37.5 Å². The second-order valence-electron chi connectivity index (χ2n) is 10.9. The van der Waals surface area contributed by atoms with Crippen LogP contribution < -0.4 is 4.74 Å². The molecule has 2 amide bonds. The highest BCUT2D eigenvalue weighted by Crippen LogP contribution is 2.34. The average Bonchev–Trinajstić information content (AvgIpc) is 3.42. The molecule has 0 radical (unpaired) electrons. The third kappa shape index (κ3) is 6.15. The van der Waals surface area contributed by atoms with Crippen LogP contribution in [0.3, 0.4) is 0 Å². The molecule has 8 heteroatoms. The Morgan fingerprint density at radius 2 is 1.72 bits per heavy atom. The van der Waals surface area contributed by atoms with Crippen molar-refractivity contribution in [3.63, 3.8) is 0 Å². The van der Waals surface area contributed by atoms with Crippen molar-refractivity contribution in [2.24, 2.45) is 5.92 Å². The quantitative estimate of drug-likeness (QED) is 0.158. The van der Waals surface area contributed by atoms with Gasteiger partial charge in [0.2, 0.25) is 0 Å². The Kier molecular flexibility index (Phi) is 8.61. The number of aryl methyl sites for hydroxylation is 1. The Morgan fingerprint density at radius 1 is 1.00 bits per heavy atom. The van der Waals surface area contributed by atoms with Gasteiger partial charge in [-0.15, -0.1) is 0 Å². The van der Waals surface area contributed by atoms with Crippen molar-refractivity contribution >= 4 is 29.5 Å². The Balaban J connectivity index is 1.63. The van der Waals surface area contributed by atoms with Gasteiger partial charge in [-0.3, -0.25) is 14.5 Å². The second-order valence-corrected chi connectivity index (χ2v) is 11.3. The summed E-state index contributed by atoms with van der Waals surface area (Å²) in [6.07, 6.45) is 3.55. The first kappa shape index (κ1) is 29.6. The summed E-state index contributed by atoms with van der Waals surface area (Å²) in [4.78, 5) is 28.2. The molecule has 0 unspecified atom stereocenters. The molecule has 1 aromatic heterocycles. The van der Waals surface area contributed by atoms with Crippen LogP contribution in [0, 0.1) is 24.2 Å². The number of carbonyl (C=O) groups is 2. The lowest BCUT2D eigenvalue weighted by Gasteiger charge is -2.27. The van der Waals surface area contributed by atoms with Gasteiger partial charge < -0.3 is 4.74 Å². The molecule has 43 heavy (non-hydrogen) atoms. The van der Waals surface area contributed by atoms with E-state index >= 15 is 0 Å². The molecule has 0 bridgehead atoms. The van der Waals surface area contributed by atoms with E-state index in [1.165, 1.54) is 0 Å². The summed E-state index contributed by atoms with van der Waals surface area (Å²) >= 11 is 6.35. The Morgan fingerprint density at radius 3 is 2.40 bits per heavy atom. The number of nitriles is 1. The fourth-order valence-electron chi connectivity index (χ4n) is 4.87. The molecule has 0 spiro atoms. The van der Waals surface area contributed by atoms with E-state index in [0.717, 1.165) is 27.5 Å². The predicted molar refractivity (Wildman–Crippen MR) is 167 cm³/mol. The van der Waals surface area contributed by atoms with Crippen molar-refractivity contribution in [2.45, 2.75) is 34.2 Å². The largest absolute Gasteiger partial charge is 0.493 e. The number of benzene rings is 3. The minimum absolute atomic E-state index is 0.0552. The number of aromatic nitrogens is 2. The van der Waals surface area contributed by atoms with Gasteiger partial charge in [0.25, 0.3) is 11.8 Å². The fourth-order valence-corrected chi connectivity index (χ4v) is 5.07. The summed E-state index contributed by atoms with van der Waals surface area (Å²) in [5.41, 5.74) is 5.02. The lowest BCUT2D eigenvalue weighted by Crippen LogP contribution is -2.42. The van der Waals surface area contributed by atoms with Gasteiger partial charge in [-0.25, -0.2) is 4.68 Å². The van der Waals surface area contributed by atoms with E-state index in [-0.39, 0.29) is 17.7 Å². The van der Waals surface area contributed by atoms with Crippen LogP contribution in [-0.4, -0.2) is 33.1 Å². The zero-order valence-electron chi connectivity index (χ0n) is 24.5. The molecule has 0 N–H and O–H groups in total. The number of carbonyl (C=O) groups excluding carboxylic acids is 2. The van der Waals surface area contributed by atoms with Crippen molar-refractivity contribution in [1.82, 2.24) is 14.7 Å². The normalized spacial score (nSPS) is 14.5. The summed E-state index contributed by atoms with van der Waals surface area (Å²) in [6.45, 7) is 8.37. The molecule has 2 heterocycles. The molecule has 0 aliphatic carbocycles. The first-order chi connectivity index (χ1) is 20.7. The molecule has 3 aromatic carbocycles. The van der Waals surface area contributed by atoms with Crippen molar-refractivity contribution in [1.29, 1.82) is 5.26 Å². The zero-order valence-corrected chi connectivity index (χ0v) is 25.2. The van der Waals surface area contributed by atoms with Gasteiger partial charge in [0.05, 0.1) is 24.5 Å². The van der Waals surface area contributed by atoms with Gasteiger partial charge in [0.1, 0.15) is 17.4 Å². The molecular formula is C35H31ClN4O3. The van der Waals surface area contributed by atoms with Gasteiger partial charge in [-0.1, -0.05) is 61.8 Å². The molecule has 4 aromatic rings. The Bertz CT molecular complexity index is 1810. The van der Waals surface area contributed by atoms with E-state index in [1.807, 2.05) is 67.7 Å². The number of para-hydroxylation sites is 1. The van der Waals surface area contributed by atoms with Gasteiger partial charge in [0, 0.05) is 27.9 Å².